The third-order valence-electron chi connectivity index (χ3n) is 7.58. The van der Waals surface area contributed by atoms with Gasteiger partial charge in [0.25, 0.3) is 0 Å². The number of nitrogens with zero attached hydrogens (tertiary/aromatic N) is 2. The molecule has 2 aliphatic heterocycles. The Balaban J connectivity index is 1.44. The third kappa shape index (κ3) is 7.05. The molecule has 5 rings (SSSR count). The molecule has 2 fully saturated rings. The molecule has 244 valence electrons. The minimum absolute atomic E-state index is 0.0565. The number of rotatable bonds is 12. The van der Waals surface area contributed by atoms with Crippen molar-refractivity contribution in [2.45, 2.75) is 83.3 Å². The maximum Gasteiger partial charge on any atom is 0.459 e. The Morgan fingerprint density at radius 1 is 1.20 bits per heavy atom. The molecule has 2 saturated heterocycles. The summed E-state index contributed by atoms with van der Waals surface area (Å²) in [6, 6.07) is 10.8. The number of hydrogen-bond donors (Lipinski definition) is 2. The number of unbranched alkanes of at least 4 members (excludes halogenated alkanes) is 1. The molecular formula is C30H38ClN4O9P. The van der Waals surface area contributed by atoms with Gasteiger partial charge < -0.3 is 29.2 Å². The van der Waals surface area contributed by atoms with Crippen molar-refractivity contribution in [2.24, 2.45) is 0 Å². The first-order valence-corrected chi connectivity index (χ1v) is 16.6. The number of carbonyl (C=O) groups excluding carboxylic acids is 1. The van der Waals surface area contributed by atoms with Crippen molar-refractivity contribution in [3.05, 3.63) is 64.2 Å². The van der Waals surface area contributed by atoms with Crippen LogP contribution >= 0.6 is 19.3 Å². The highest BCUT2D eigenvalue weighted by Gasteiger charge is 2.64. The standard InChI is InChI=1S/C30H38ClN4O9P/c1-6-7-16-39-26(36)18(2)34-45(38,43-22-13-12-21(31)19-10-8-9-11-20(19)22)40-17-23-25-30(5,44-29(3,4)42-25)27(41-23)35-15-14-24(32)33-28(35)37/h8-15,18,23,25,27H,6-7,16-17H2,1-5H3,(H,34,38)(H2,32,33,37)/t18-,23+,25+,27+,30+,45?/m0/s1. The molecule has 0 amide bonds. The van der Waals surface area contributed by atoms with Gasteiger partial charge in [0, 0.05) is 22.0 Å². The Morgan fingerprint density at radius 3 is 2.64 bits per heavy atom. The van der Waals surface area contributed by atoms with Crippen LogP contribution in [0.15, 0.2) is 53.5 Å². The van der Waals surface area contributed by atoms with Crippen molar-refractivity contribution in [2.75, 3.05) is 18.9 Å². The Bertz CT molecular complexity index is 1670. The van der Waals surface area contributed by atoms with Gasteiger partial charge in [-0.2, -0.15) is 10.1 Å². The van der Waals surface area contributed by atoms with Crippen LogP contribution in [0.1, 0.15) is 53.7 Å². The highest BCUT2D eigenvalue weighted by atomic mass is 35.5. The molecular weight excluding hydrogens is 627 g/mol. The number of hydrogen-bond acceptors (Lipinski definition) is 11. The number of fused-ring (bicyclic) bond motifs is 2. The number of nitrogens with one attached hydrogen (secondary N) is 1. The summed E-state index contributed by atoms with van der Waals surface area (Å²) < 4.78 is 51.8. The summed E-state index contributed by atoms with van der Waals surface area (Å²) in [5.74, 6) is -1.39. The average molecular weight is 665 g/mol. The molecule has 13 nitrogen and oxygen atoms in total. The number of nitrogen functional groups attached to an aromatic ring is 1. The molecule has 2 aromatic carbocycles. The Kier molecular flexibility index (Phi) is 9.63. The molecule has 0 radical (unpaired) electrons. The van der Waals surface area contributed by atoms with Gasteiger partial charge in [-0.05, 0) is 52.3 Å². The van der Waals surface area contributed by atoms with Crippen LogP contribution in [0.5, 0.6) is 5.75 Å². The first-order valence-electron chi connectivity index (χ1n) is 14.7. The second-order valence-electron chi connectivity index (χ2n) is 11.6. The topological polar surface area (TPSA) is 162 Å². The van der Waals surface area contributed by atoms with E-state index in [2.05, 4.69) is 10.1 Å². The summed E-state index contributed by atoms with van der Waals surface area (Å²) >= 11 is 6.39. The summed E-state index contributed by atoms with van der Waals surface area (Å²) in [4.78, 5) is 29.3. The smallest absolute Gasteiger partial charge is 0.459 e. The summed E-state index contributed by atoms with van der Waals surface area (Å²) in [5.41, 5.74) is 3.89. The van der Waals surface area contributed by atoms with Crippen LogP contribution in [0.4, 0.5) is 5.82 Å². The molecule has 2 aliphatic rings. The predicted molar refractivity (Wildman–Crippen MR) is 167 cm³/mol. The van der Waals surface area contributed by atoms with E-state index in [-0.39, 0.29) is 24.8 Å². The van der Waals surface area contributed by atoms with Gasteiger partial charge in [-0.25, -0.2) is 9.36 Å². The fourth-order valence-corrected chi connectivity index (χ4v) is 7.30. The summed E-state index contributed by atoms with van der Waals surface area (Å²) in [6.07, 6.45) is 0.349. The summed E-state index contributed by atoms with van der Waals surface area (Å²) in [7, 11) is -4.33. The molecule has 0 aliphatic carbocycles. The first-order chi connectivity index (χ1) is 21.2. The zero-order valence-electron chi connectivity index (χ0n) is 25.7. The first kappa shape index (κ1) is 33.3. The van der Waals surface area contributed by atoms with E-state index in [0.29, 0.717) is 22.2 Å². The van der Waals surface area contributed by atoms with Gasteiger partial charge in [-0.1, -0.05) is 49.2 Å². The lowest BCUT2D eigenvalue weighted by atomic mass is 9.96. The van der Waals surface area contributed by atoms with Crippen molar-refractivity contribution >= 4 is 41.9 Å². The number of ether oxygens (including phenoxy) is 4. The highest BCUT2D eigenvalue weighted by Crippen LogP contribution is 2.53. The number of anilines is 1. The zero-order valence-corrected chi connectivity index (χ0v) is 27.4. The number of benzene rings is 2. The molecule has 1 unspecified atom stereocenters. The molecule has 3 aromatic rings. The number of esters is 1. The van der Waals surface area contributed by atoms with Crippen molar-refractivity contribution in [3.8, 4) is 5.75 Å². The van der Waals surface area contributed by atoms with Gasteiger partial charge in [0.15, 0.2) is 12.0 Å². The average Bonchev–Trinajstić information content (AvgIpc) is 3.38. The number of halogens is 1. The van der Waals surface area contributed by atoms with E-state index in [1.807, 2.05) is 13.0 Å². The second-order valence-corrected chi connectivity index (χ2v) is 13.7. The van der Waals surface area contributed by atoms with Crippen LogP contribution in [0.3, 0.4) is 0 Å². The summed E-state index contributed by atoms with van der Waals surface area (Å²) in [5, 5.41) is 4.45. The van der Waals surface area contributed by atoms with Crippen LogP contribution < -0.4 is 21.0 Å². The number of carbonyl (C=O) groups is 1. The normalized spacial score (nSPS) is 25.9. The van der Waals surface area contributed by atoms with Crippen molar-refractivity contribution < 1.29 is 37.4 Å². The lowest BCUT2D eigenvalue weighted by Gasteiger charge is -2.30. The Morgan fingerprint density at radius 2 is 1.93 bits per heavy atom. The van der Waals surface area contributed by atoms with Crippen LogP contribution in [0, 0.1) is 0 Å². The maximum atomic E-state index is 14.5. The van der Waals surface area contributed by atoms with E-state index < -0.39 is 55.3 Å². The minimum atomic E-state index is -4.33. The van der Waals surface area contributed by atoms with Gasteiger partial charge in [-0.3, -0.25) is 13.9 Å². The molecule has 15 heteroatoms. The van der Waals surface area contributed by atoms with Crippen molar-refractivity contribution in [1.82, 2.24) is 14.6 Å². The lowest BCUT2D eigenvalue weighted by Crippen LogP contribution is -2.45. The van der Waals surface area contributed by atoms with Crippen LogP contribution in [-0.4, -0.2) is 58.4 Å². The van der Waals surface area contributed by atoms with Gasteiger partial charge >= 0.3 is 19.4 Å². The molecule has 3 heterocycles. The molecule has 45 heavy (non-hydrogen) atoms. The Hall–Kier alpha value is -3.03. The third-order valence-corrected chi connectivity index (χ3v) is 9.54. The van der Waals surface area contributed by atoms with Crippen molar-refractivity contribution in [3.63, 3.8) is 0 Å². The van der Waals surface area contributed by atoms with E-state index in [9.17, 15) is 14.2 Å². The van der Waals surface area contributed by atoms with Crippen LogP contribution in [0.25, 0.3) is 10.8 Å². The number of nitrogens with two attached hydrogens (primary N) is 1. The summed E-state index contributed by atoms with van der Waals surface area (Å²) in [6.45, 7) is 8.60. The molecule has 0 saturated carbocycles. The van der Waals surface area contributed by atoms with E-state index >= 15 is 0 Å². The van der Waals surface area contributed by atoms with E-state index in [4.69, 9.17) is 45.3 Å². The fraction of sp³-hybridized carbons (Fsp3) is 0.500. The predicted octanol–water partition coefficient (Wildman–Crippen LogP) is 4.96. The monoisotopic (exact) mass is 664 g/mol. The SMILES string of the molecule is CCCCOC(=O)[C@H](C)NP(=O)(OC[C@H]1O[C@@H](n2ccc(N)nc2=O)[C@]2(C)OC(C)(C)O[C@H]12)Oc1ccc(Cl)c2ccccc12. The largest absolute Gasteiger partial charge is 0.465 e. The van der Waals surface area contributed by atoms with Crippen LogP contribution in [-0.2, 0) is 32.8 Å². The Labute approximate surface area is 265 Å². The molecule has 6 atom stereocenters. The van der Waals surface area contributed by atoms with Gasteiger partial charge in [0.2, 0.25) is 0 Å². The lowest BCUT2D eigenvalue weighted by molar-refractivity contribution is -0.217. The van der Waals surface area contributed by atoms with Gasteiger partial charge in [0.05, 0.1) is 13.2 Å². The van der Waals surface area contributed by atoms with Gasteiger partial charge in [0.1, 0.15) is 35.4 Å². The fourth-order valence-electron chi connectivity index (χ4n) is 5.55. The van der Waals surface area contributed by atoms with Gasteiger partial charge in [-0.15, -0.1) is 0 Å². The minimum Gasteiger partial charge on any atom is -0.465 e. The van der Waals surface area contributed by atoms with Crippen LogP contribution in [0.2, 0.25) is 5.02 Å². The zero-order chi connectivity index (χ0) is 32.6. The molecule has 1 aromatic heterocycles. The van der Waals surface area contributed by atoms with E-state index in [1.165, 1.54) is 23.8 Å². The highest BCUT2D eigenvalue weighted by molar-refractivity contribution is 7.52. The second kappa shape index (κ2) is 13.0. The molecule has 0 bridgehead atoms. The number of aromatic nitrogens is 2. The van der Waals surface area contributed by atoms with Crippen molar-refractivity contribution in [1.29, 1.82) is 0 Å². The quantitative estimate of drug-likeness (QED) is 0.152. The molecule has 0 spiro atoms. The molecule has 3 N–H and O–H groups in total. The van der Waals surface area contributed by atoms with E-state index in [1.54, 1.807) is 51.1 Å². The maximum absolute atomic E-state index is 14.5. The van der Waals surface area contributed by atoms with E-state index in [0.717, 1.165) is 6.42 Å².